The smallest absolute Gasteiger partial charge is 0.317 e. The molecule has 0 spiro atoms. The van der Waals surface area contributed by atoms with Gasteiger partial charge >= 0.3 is 6.03 Å². The van der Waals surface area contributed by atoms with Gasteiger partial charge < -0.3 is 15.1 Å². The van der Waals surface area contributed by atoms with Crippen LogP contribution in [0.5, 0.6) is 0 Å². The Labute approximate surface area is 138 Å². The summed E-state index contributed by atoms with van der Waals surface area (Å²) in [5.74, 6) is 0.0548. The molecule has 23 heavy (non-hydrogen) atoms. The molecule has 5 heteroatoms. The Morgan fingerprint density at radius 2 is 1.65 bits per heavy atom. The highest BCUT2D eigenvalue weighted by atomic mass is 16.2. The summed E-state index contributed by atoms with van der Waals surface area (Å²) < 4.78 is 0. The molecule has 1 aromatic carbocycles. The van der Waals surface area contributed by atoms with Crippen LogP contribution in [0.3, 0.4) is 0 Å². The van der Waals surface area contributed by atoms with E-state index in [4.69, 9.17) is 0 Å². The highest BCUT2D eigenvalue weighted by molar-refractivity contribution is 5.94. The first kappa shape index (κ1) is 17.3. The van der Waals surface area contributed by atoms with Crippen LogP contribution in [0, 0.1) is 13.8 Å². The highest BCUT2D eigenvalue weighted by Gasteiger charge is 2.23. The quantitative estimate of drug-likeness (QED) is 0.911. The maximum atomic E-state index is 12.7. The van der Waals surface area contributed by atoms with Gasteiger partial charge in [-0.25, -0.2) is 4.79 Å². The van der Waals surface area contributed by atoms with Gasteiger partial charge in [-0.05, 0) is 57.4 Å². The van der Waals surface area contributed by atoms with Crippen LogP contribution in [-0.2, 0) is 0 Å². The predicted octanol–water partition coefficient (Wildman–Crippen LogP) is 2.57. The molecule has 1 saturated heterocycles. The fourth-order valence-electron chi connectivity index (χ4n) is 2.72. The number of nitrogens with one attached hydrogen (secondary N) is 1. The van der Waals surface area contributed by atoms with Gasteiger partial charge in [-0.1, -0.05) is 6.07 Å². The van der Waals surface area contributed by atoms with Gasteiger partial charge in [0.15, 0.2) is 0 Å². The first-order valence-corrected chi connectivity index (χ1v) is 8.30. The Balaban J connectivity index is 2.00. The van der Waals surface area contributed by atoms with Crippen molar-refractivity contribution in [3.05, 3.63) is 34.9 Å². The van der Waals surface area contributed by atoms with Crippen LogP contribution in [0.4, 0.5) is 4.79 Å². The molecule has 0 unspecified atom stereocenters. The number of nitrogens with zero attached hydrogens (tertiary/aromatic N) is 2. The summed E-state index contributed by atoms with van der Waals surface area (Å²) in [5, 5.41) is 2.91. The summed E-state index contributed by atoms with van der Waals surface area (Å²) in [6.07, 6.45) is 0.808. The standard InChI is InChI=1S/C18H27N3O2/c1-13(2)19-18(23)21-9-5-8-20(10-11-21)17(22)16-7-6-14(3)15(4)12-16/h6-7,12-13H,5,8-11H2,1-4H3,(H,19,23). The SMILES string of the molecule is Cc1ccc(C(=O)N2CCCN(C(=O)NC(C)C)CC2)cc1C. The molecular formula is C18H27N3O2. The van der Waals surface area contributed by atoms with Gasteiger partial charge in [0.1, 0.15) is 0 Å². The molecule has 2 rings (SSSR count). The summed E-state index contributed by atoms with van der Waals surface area (Å²) in [6, 6.07) is 5.91. The summed E-state index contributed by atoms with van der Waals surface area (Å²) in [7, 11) is 0. The van der Waals surface area contributed by atoms with Gasteiger partial charge in [0.25, 0.3) is 5.91 Å². The van der Waals surface area contributed by atoms with Crippen molar-refractivity contribution in [3.8, 4) is 0 Å². The van der Waals surface area contributed by atoms with E-state index in [-0.39, 0.29) is 18.0 Å². The summed E-state index contributed by atoms with van der Waals surface area (Å²) in [4.78, 5) is 28.4. The summed E-state index contributed by atoms with van der Waals surface area (Å²) in [6.45, 7) is 10.5. The molecule has 3 amide bonds. The molecule has 1 heterocycles. The molecule has 0 saturated carbocycles. The number of hydrogen-bond donors (Lipinski definition) is 1. The number of benzene rings is 1. The van der Waals surface area contributed by atoms with Gasteiger partial charge in [-0.15, -0.1) is 0 Å². The summed E-state index contributed by atoms with van der Waals surface area (Å²) in [5.41, 5.74) is 3.05. The molecule has 0 aliphatic carbocycles. The molecule has 1 N–H and O–H groups in total. The number of hydrogen-bond acceptors (Lipinski definition) is 2. The lowest BCUT2D eigenvalue weighted by atomic mass is 10.1. The first-order valence-electron chi connectivity index (χ1n) is 8.30. The van der Waals surface area contributed by atoms with E-state index in [0.717, 1.165) is 17.5 Å². The zero-order chi connectivity index (χ0) is 17.0. The lowest BCUT2D eigenvalue weighted by molar-refractivity contribution is 0.0762. The van der Waals surface area contributed by atoms with Crippen LogP contribution >= 0.6 is 0 Å². The molecule has 1 fully saturated rings. The third-order valence-corrected chi connectivity index (χ3v) is 4.24. The second kappa shape index (κ2) is 7.49. The fourth-order valence-corrected chi connectivity index (χ4v) is 2.72. The molecule has 1 aromatic rings. The molecule has 1 aliphatic rings. The lowest BCUT2D eigenvalue weighted by Gasteiger charge is -2.23. The van der Waals surface area contributed by atoms with E-state index in [9.17, 15) is 9.59 Å². The molecule has 5 nitrogen and oxygen atoms in total. The van der Waals surface area contributed by atoms with Crippen LogP contribution in [0.15, 0.2) is 18.2 Å². The van der Waals surface area contributed by atoms with Crippen LogP contribution in [0.1, 0.15) is 41.8 Å². The Hall–Kier alpha value is -2.04. The number of carbonyl (C=O) groups is 2. The third-order valence-electron chi connectivity index (χ3n) is 4.24. The second-order valence-electron chi connectivity index (χ2n) is 6.54. The highest BCUT2D eigenvalue weighted by Crippen LogP contribution is 2.14. The van der Waals surface area contributed by atoms with E-state index in [1.807, 2.05) is 50.8 Å². The lowest BCUT2D eigenvalue weighted by Crippen LogP contribution is -2.44. The minimum atomic E-state index is -0.0412. The molecule has 0 atom stereocenters. The van der Waals surface area contributed by atoms with E-state index in [1.165, 1.54) is 5.56 Å². The van der Waals surface area contributed by atoms with Gasteiger partial charge in [0.2, 0.25) is 0 Å². The zero-order valence-electron chi connectivity index (χ0n) is 14.6. The van der Waals surface area contributed by atoms with Gasteiger partial charge in [-0.2, -0.15) is 0 Å². The van der Waals surface area contributed by atoms with E-state index < -0.39 is 0 Å². The average molecular weight is 317 g/mol. The Kier molecular flexibility index (Phi) is 5.64. The monoisotopic (exact) mass is 317 g/mol. The first-order chi connectivity index (χ1) is 10.9. The van der Waals surface area contributed by atoms with E-state index >= 15 is 0 Å². The number of urea groups is 1. The Bertz CT molecular complexity index is 584. The minimum Gasteiger partial charge on any atom is -0.337 e. The van der Waals surface area contributed by atoms with Crippen molar-refractivity contribution in [2.45, 2.75) is 40.2 Å². The molecule has 0 aromatic heterocycles. The van der Waals surface area contributed by atoms with E-state index in [2.05, 4.69) is 5.32 Å². The minimum absolute atomic E-state index is 0.0412. The molecule has 126 valence electrons. The topological polar surface area (TPSA) is 52.7 Å². The molecular weight excluding hydrogens is 290 g/mol. The van der Waals surface area contributed by atoms with Gasteiger partial charge in [-0.3, -0.25) is 4.79 Å². The fraction of sp³-hybridized carbons (Fsp3) is 0.556. The van der Waals surface area contributed by atoms with Crippen LogP contribution in [0.2, 0.25) is 0 Å². The van der Waals surface area contributed by atoms with Crippen molar-refractivity contribution in [3.63, 3.8) is 0 Å². The predicted molar refractivity (Wildman–Crippen MR) is 91.7 cm³/mol. The van der Waals surface area contributed by atoms with Crippen molar-refractivity contribution < 1.29 is 9.59 Å². The second-order valence-corrected chi connectivity index (χ2v) is 6.54. The molecule has 0 bridgehead atoms. The normalized spacial score (nSPS) is 15.5. The van der Waals surface area contributed by atoms with Crippen LogP contribution < -0.4 is 5.32 Å². The van der Waals surface area contributed by atoms with Gasteiger partial charge in [0, 0.05) is 37.8 Å². The van der Waals surface area contributed by atoms with Crippen molar-refractivity contribution in [1.82, 2.24) is 15.1 Å². The number of aryl methyl sites for hydroxylation is 2. The van der Waals surface area contributed by atoms with E-state index in [0.29, 0.717) is 26.2 Å². The Morgan fingerprint density at radius 3 is 2.30 bits per heavy atom. The average Bonchev–Trinajstić information content (AvgIpc) is 2.74. The number of carbonyl (C=O) groups excluding carboxylic acids is 2. The number of amides is 3. The number of rotatable bonds is 2. The molecule has 1 aliphatic heterocycles. The van der Waals surface area contributed by atoms with Gasteiger partial charge in [0.05, 0.1) is 0 Å². The van der Waals surface area contributed by atoms with Crippen molar-refractivity contribution in [2.24, 2.45) is 0 Å². The maximum Gasteiger partial charge on any atom is 0.317 e. The van der Waals surface area contributed by atoms with Crippen molar-refractivity contribution in [2.75, 3.05) is 26.2 Å². The summed E-state index contributed by atoms with van der Waals surface area (Å²) >= 11 is 0. The Morgan fingerprint density at radius 1 is 1.00 bits per heavy atom. The van der Waals surface area contributed by atoms with Crippen molar-refractivity contribution in [1.29, 1.82) is 0 Å². The largest absolute Gasteiger partial charge is 0.337 e. The zero-order valence-corrected chi connectivity index (χ0v) is 14.6. The third kappa shape index (κ3) is 4.47. The van der Waals surface area contributed by atoms with Crippen LogP contribution in [0.25, 0.3) is 0 Å². The van der Waals surface area contributed by atoms with E-state index in [1.54, 1.807) is 4.90 Å². The van der Waals surface area contributed by atoms with Crippen LogP contribution in [-0.4, -0.2) is 54.0 Å². The maximum absolute atomic E-state index is 12.7. The van der Waals surface area contributed by atoms with Crippen molar-refractivity contribution >= 4 is 11.9 Å². The molecule has 0 radical (unpaired) electrons.